The summed E-state index contributed by atoms with van der Waals surface area (Å²) in [6.07, 6.45) is 2.47. The average molecular weight is 328 g/mol. The van der Waals surface area contributed by atoms with Crippen molar-refractivity contribution in [1.82, 2.24) is 13.9 Å². The van der Waals surface area contributed by atoms with Crippen LogP contribution in [0.3, 0.4) is 0 Å². The monoisotopic (exact) mass is 327 g/mol. The minimum Gasteiger partial charge on any atom is -0.224 e. The molecule has 20 heavy (non-hydrogen) atoms. The Balaban J connectivity index is 2.34. The number of halogens is 2. The zero-order valence-corrected chi connectivity index (χ0v) is 12.2. The molecule has 0 spiro atoms. The molecule has 8 heteroatoms. The summed E-state index contributed by atoms with van der Waals surface area (Å²) in [4.78, 5) is 7.90. The van der Waals surface area contributed by atoms with Crippen molar-refractivity contribution < 1.29 is 8.42 Å². The number of fused-ring (bicyclic) bond motifs is 1. The molecule has 0 radical (unpaired) electrons. The van der Waals surface area contributed by atoms with E-state index in [0.717, 1.165) is 3.97 Å². The molecule has 3 rings (SSSR count). The second-order valence-corrected chi connectivity index (χ2v) is 6.53. The maximum atomic E-state index is 12.6. The summed E-state index contributed by atoms with van der Waals surface area (Å²) in [5.41, 5.74) is 0.152. The summed E-state index contributed by atoms with van der Waals surface area (Å²) in [7, 11) is -3.78. The van der Waals surface area contributed by atoms with Crippen molar-refractivity contribution in [2.45, 2.75) is 4.90 Å². The van der Waals surface area contributed by atoms with Crippen LogP contribution in [0.25, 0.3) is 11.0 Å². The van der Waals surface area contributed by atoms with Crippen LogP contribution in [-0.2, 0) is 10.0 Å². The van der Waals surface area contributed by atoms with Crippen LogP contribution in [-0.4, -0.2) is 22.4 Å². The molecule has 5 nitrogen and oxygen atoms in total. The standard InChI is InChI=1S/C12H7Cl2N3O2S/c13-9-6-17(12-10(9)11(14)15-7-16-12)20(18,19)8-4-2-1-3-5-8/h1-7H. The summed E-state index contributed by atoms with van der Waals surface area (Å²) >= 11 is 12.0. The summed E-state index contributed by atoms with van der Waals surface area (Å²) in [5, 5.41) is 0.613. The van der Waals surface area contributed by atoms with E-state index in [0.29, 0.717) is 5.39 Å². The van der Waals surface area contributed by atoms with E-state index < -0.39 is 10.0 Å². The second kappa shape index (κ2) is 4.73. The van der Waals surface area contributed by atoms with Crippen LogP contribution in [0.15, 0.2) is 47.8 Å². The molecule has 2 aromatic heterocycles. The van der Waals surface area contributed by atoms with Gasteiger partial charge in [-0.3, -0.25) is 0 Å². The number of rotatable bonds is 2. The first-order valence-electron chi connectivity index (χ1n) is 5.49. The second-order valence-electron chi connectivity index (χ2n) is 3.95. The van der Waals surface area contributed by atoms with Crippen molar-refractivity contribution in [3.63, 3.8) is 0 Å². The molecule has 0 fully saturated rings. The predicted molar refractivity (Wildman–Crippen MR) is 76.6 cm³/mol. The van der Waals surface area contributed by atoms with Crippen LogP contribution >= 0.6 is 23.2 Å². The van der Waals surface area contributed by atoms with E-state index in [1.54, 1.807) is 18.2 Å². The van der Waals surface area contributed by atoms with Crippen molar-refractivity contribution in [1.29, 1.82) is 0 Å². The molecule has 0 amide bonds. The molecule has 0 atom stereocenters. The Hall–Kier alpha value is -1.63. The van der Waals surface area contributed by atoms with Crippen LogP contribution in [0.2, 0.25) is 10.2 Å². The van der Waals surface area contributed by atoms with Crippen molar-refractivity contribution in [3.8, 4) is 0 Å². The highest BCUT2D eigenvalue weighted by Crippen LogP contribution is 2.31. The molecular formula is C12H7Cl2N3O2S. The molecule has 0 bridgehead atoms. The molecule has 2 heterocycles. The molecule has 0 aliphatic heterocycles. The lowest BCUT2D eigenvalue weighted by molar-refractivity contribution is 0.588. The zero-order valence-electron chi connectivity index (χ0n) is 9.86. The Morgan fingerprint density at radius 2 is 1.75 bits per heavy atom. The number of benzene rings is 1. The first-order chi connectivity index (χ1) is 9.51. The minimum absolute atomic E-state index is 0.113. The Morgan fingerprint density at radius 1 is 1.05 bits per heavy atom. The van der Waals surface area contributed by atoms with Gasteiger partial charge in [0.15, 0.2) is 5.65 Å². The van der Waals surface area contributed by atoms with Crippen LogP contribution < -0.4 is 0 Å². The molecule has 3 aromatic rings. The Morgan fingerprint density at radius 3 is 2.45 bits per heavy atom. The normalized spacial score (nSPS) is 11.9. The molecule has 0 aliphatic rings. The van der Waals surface area contributed by atoms with Crippen molar-refractivity contribution in [2.24, 2.45) is 0 Å². The first kappa shape index (κ1) is 13.4. The van der Waals surface area contributed by atoms with Crippen LogP contribution in [0.5, 0.6) is 0 Å². The zero-order chi connectivity index (χ0) is 14.3. The van der Waals surface area contributed by atoms with E-state index in [2.05, 4.69) is 9.97 Å². The average Bonchev–Trinajstić information content (AvgIpc) is 2.79. The van der Waals surface area contributed by atoms with E-state index in [1.165, 1.54) is 24.7 Å². The Labute approximate surface area is 124 Å². The number of hydrogen-bond acceptors (Lipinski definition) is 4. The SMILES string of the molecule is O=S(=O)(c1ccccc1)n1cc(Cl)c2c(Cl)ncnc21. The van der Waals surface area contributed by atoms with Gasteiger partial charge in [0.2, 0.25) is 0 Å². The van der Waals surface area contributed by atoms with Gasteiger partial charge in [0, 0.05) is 6.20 Å². The van der Waals surface area contributed by atoms with Gasteiger partial charge in [-0.05, 0) is 12.1 Å². The van der Waals surface area contributed by atoms with Gasteiger partial charge >= 0.3 is 0 Å². The highest BCUT2D eigenvalue weighted by atomic mass is 35.5. The number of hydrogen-bond donors (Lipinski definition) is 0. The molecule has 0 N–H and O–H groups in total. The molecule has 0 unspecified atom stereocenters. The maximum Gasteiger partial charge on any atom is 0.269 e. The molecule has 0 saturated heterocycles. The summed E-state index contributed by atoms with van der Waals surface area (Å²) < 4.78 is 26.2. The topological polar surface area (TPSA) is 64.8 Å². The molecular weight excluding hydrogens is 321 g/mol. The van der Waals surface area contributed by atoms with Crippen LogP contribution in [0, 0.1) is 0 Å². The van der Waals surface area contributed by atoms with Crippen molar-refractivity contribution >= 4 is 44.3 Å². The third-order valence-corrected chi connectivity index (χ3v) is 5.00. The van der Waals surface area contributed by atoms with Gasteiger partial charge < -0.3 is 0 Å². The van der Waals surface area contributed by atoms with E-state index in [-0.39, 0.29) is 20.7 Å². The number of aromatic nitrogens is 3. The van der Waals surface area contributed by atoms with Gasteiger partial charge in [-0.2, -0.15) is 0 Å². The molecule has 0 aliphatic carbocycles. The minimum atomic E-state index is -3.78. The van der Waals surface area contributed by atoms with E-state index >= 15 is 0 Å². The van der Waals surface area contributed by atoms with Gasteiger partial charge in [-0.1, -0.05) is 41.4 Å². The smallest absolute Gasteiger partial charge is 0.224 e. The highest BCUT2D eigenvalue weighted by Gasteiger charge is 2.22. The third-order valence-electron chi connectivity index (χ3n) is 2.76. The lowest BCUT2D eigenvalue weighted by Crippen LogP contribution is -2.12. The maximum absolute atomic E-state index is 12.6. The summed E-state index contributed by atoms with van der Waals surface area (Å²) in [6.45, 7) is 0. The fourth-order valence-electron chi connectivity index (χ4n) is 1.85. The van der Waals surface area contributed by atoms with Gasteiger partial charge in [0.05, 0.1) is 15.3 Å². The predicted octanol–water partition coefficient (Wildman–Crippen LogP) is 2.98. The molecule has 0 saturated carbocycles. The Bertz CT molecular complexity index is 892. The first-order valence-corrected chi connectivity index (χ1v) is 7.69. The van der Waals surface area contributed by atoms with E-state index in [1.807, 2.05) is 0 Å². The van der Waals surface area contributed by atoms with Gasteiger partial charge in [-0.15, -0.1) is 0 Å². The fraction of sp³-hybridized carbons (Fsp3) is 0. The lowest BCUT2D eigenvalue weighted by atomic mass is 10.4. The quantitative estimate of drug-likeness (QED) is 0.679. The molecule has 1 aromatic carbocycles. The fourth-order valence-corrected chi connectivity index (χ4v) is 3.79. The van der Waals surface area contributed by atoms with E-state index in [9.17, 15) is 8.42 Å². The van der Waals surface area contributed by atoms with E-state index in [4.69, 9.17) is 23.2 Å². The largest absolute Gasteiger partial charge is 0.269 e. The number of nitrogens with zero attached hydrogens (tertiary/aromatic N) is 3. The Kier molecular flexibility index (Phi) is 3.16. The third kappa shape index (κ3) is 1.96. The summed E-state index contributed by atoms with van der Waals surface area (Å²) in [6, 6.07) is 8.01. The van der Waals surface area contributed by atoms with Gasteiger partial charge in [-0.25, -0.2) is 22.4 Å². The van der Waals surface area contributed by atoms with Crippen molar-refractivity contribution in [2.75, 3.05) is 0 Å². The van der Waals surface area contributed by atoms with Crippen LogP contribution in [0.4, 0.5) is 0 Å². The lowest BCUT2D eigenvalue weighted by Gasteiger charge is -2.06. The van der Waals surface area contributed by atoms with Gasteiger partial charge in [0.25, 0.3) is 10.0 Å². The summed E-state index contributed by atoms with van der Waals surface area (Å²) in [5.74, 6) is 0. The van der Waals surface area contributed by atoms with Crippen LogP contribution in [0.1, 0.15) is 0 Å². The highest BCUT2D eigenvalue weighted by molar-refractivity contribution is 7.90. The van der Waals surface area contributed by atoms with Gasteiger partial charge in [0.1, 0.15) is 11.5 Å². The van der Waals surface area contributed by atoms with Crippen molar-refractivity contribution in [3.05, 3.63) is 53.0 Å². The molecule has 102 valence electrons.